The first kappa shape index (κ1) is 21.7. The molecular formula is C22H20F3N5O2. The van der Waals surface area contributed by atoms with Gasteiger partial charge in [0.1, 0.15) is 5.69 Å². The molecule has 1 aliphatic carbocycles. The molecule has 1 fully saturated rings. The molecule has 0 saturated heterocycles. The minimum absolute atomic E-state index is 0.0723. The standard InChI is InChI=1S/C22H20F3N5O2/c23-22(24,25)19-7-1-15(13-27-19)21(32)28-16-2-4-17(5-3-16)30-20(31)8-6-18(29-30)14-9-11-26-12-10-14/h1,6-13,16-17H,2-5H2,(H,28,32). The Morgan fingerprint density at radius 3 is 2.34 bits per heavy atom. The summed E-state index contributed by atoms with van der Waals surface area (Å²) in [4.78, 5) is 32.1. The van der Waals surface area contributed by atoms with E-state index < -0.39 is 17.8 Å². The van der Waals surface area contributed by atoms with Crippen molar-refractivity contribution in [3.8, 4) is 11.3 Å². The Kier molecular flexibility index (Phi) is 6.02. The van der Waals surface area contributed by atoms with Crippen LogP contribution in [0.3, 0.4) is 0 Å². The second-order valence-corrected chi connectivity index (χ2v) is 7.65. The lowest BCUT2D eigenvalue weighted by Gasteiger charge is -2.29. The number of aromatic nitrogens is 4. The molecule has 166 valence electrons. The lowest BCUT2D eigenvalue weighted by molar-refractivity contribution is -0.141. The van der Waals surface area contributed by atoms with Gasteiger partial charge in [0.05, 0.1) is 17.3 Å². The Hall–Kier alpha value is -3.56. The molecule has 0 spiro atoms. The van der Waals surface area contributed by atoms with E-state index in [4.69, 9.17) is 0 Å². The SMILES string of the molecule is O=C(NC1CCC(n2nc(-c3ccncc3)ccc2=O)CC1)c1ccc(C(F)(F)F)nc1. The molecule has 10 heteroatoms. The first-order valence-corrected chi connectivity index (χ1v) is 10.2. The zero-order valence-corrected chi connectivity index (χ0v) is 16.9. The second-order valence-electron chi connectivity index (χ2n) is 7.65. The van der Waals surface area contributed by atoms with Gasteiger partial charge in [-0.1, -0.05) is 0 Å². The van der Waals surface area contributed by atoms with Crippen LogP contribution in [-0.4, -0.2) is 31.7 Å². The summed E-state index contributed by atoms with van der Waals surface area (Å²) < 4.78 is 39.4. The predicted octanol–water partition coefficient (Wildman–Crippen LogP) is 3.63. The fourth-order valence-electron chi connectivity index (χ4n) is 3.79. The molecule has 1 aliphatic rings. The van der Waals surface area contributed by atoms with Crippen molar-refractivity contribution in [3.05, 3.63) is 76.6 Å². The van der Waals surface area contributed by atoms with Crippen LogP contribution in [0, 0.1) is 0 Å². The predicted molar refractivity (Wildman–Crippen MR) is 110 cm³/mol. The Morgan fingerprint density at radius 1 is 1.00 bits per heavy atom. The number of hydrogen-bond donors (Lipinski definition) is 1. The molecule has 1 amide bonds. The van der Waals surface area contributed by atoms with Crippen LogP contribution >= 0.6 is 0 Å². The van der Waals surface area contributed by atoms with Crippen LogP contribution in [0.1, 0.15) is 47.8 Å². The highest BCUT2D eigenvalue weighted by molar-refractivity contribution is 5.94. The van der Waals surface area contributed by atoms with Crippen LogP contribution in [0.2, 0.25) is 0 Å². The molecule has 1 N–H and O–H groups in total. The van der Waals surface area contributed by atoms with E-state index in [1.165, 1.54) is 10.7 Å². The zero-order valence-electron chi connectivity index (χ0n) is 16.9. The van der Waals surface area contributed by atoms with Gasteiger partial charge >= 0.3 is 6.18 Å². The smallest absolute Gasteiger partial charge is 0.349 e. The number of nitrogens with one attached hydrogen (secondary N) is 1. The summed E-state index contributed by atoms with van der Waals surface area (Å²) in [6.45, 7) is 0. The van der Waals surface area contributed by atoms with Gasteiger partial charge in [-0.05, 0) is 56.0 Å². The lowest BCUT2D eigenvalue weighted by Crippen LogP contribution is -2.39. The van der Waals surface area contributed by atoms with Crippen LogP contribution in [-0.2, 0) is 6.18 Å². The largest absolute Gasteiger partial charge is 0.433 e. The highest BCUT2D eigenvalue weighted by atomic mass is 19.4. The number of amides is 1. The number of nitrogens with zero attached hydrogens (tertiary/aromatic N) is 4. The van der Waals surface area contributed by atoms with Crippen molar-refractivity contribution in [2.24, 2.45) is 0 Å². The van der Waals surface area contributed by atoms with Gasteiger partial charge in [0.15, 0.2) is 0 Å². The third-order valence-electron chi connectivity index (χ3n) is 5.50. The number of carbonyl (C=O) groups excluding carboxylic acids is 1. The van der Waals surface area contributed by atoms with Crippen LogP contribution in [0.25, 0.3) is 11.3 Å². The van der Waals surface area contributed by atoms with E-state index in [2.05, 4.69) is 20.4 Å². The highest BCUT2D eigenvalue weighted by Crippen LogP contribution is 2.29. The molecule has 4 rings (SSSR count). The minimum atomic E-state index is -4.55. The molecule has 0 radical (unpaired) electrons. The van der Waals surface area contributed by atoms with Crippen molar-refractivity contribution >= 4 is 5.91 Å². The molecule has 0 unspecified atom stereocenters. The van der Waals surface area contributed by atoms with Crippen molar-refractivity contribution in [1.29, 1.82) is 0 Å². The first-order chi connectivity index (χ1) is 15.3. The Balaban J connectivity index is 1.38. The van der Waals surface area contributed by atoms with Gasteiger partial charge in [-0.2, -0.15) is 18.3 Å². The summed E-state index contributed by atoms with van der Waals surface area (Å²) >= 11 is 0. The Labute approximate surface area is 181 Å². The minimum Gasteiger partial charge on any atom is -0.349 e. The van der Waals surface area contributed by atoms with Gasteiger partial charge in [-0.25, -0.2) is 4.68 Å². The Morgan fingerprint density at radius 2 is 1.72 bits per heavy atom. The fraction of sp³-hybridized carbons (Fsp3) is 0.318. The molecule has 3 aromatic rings. The Bertz CT molecular complexity index is 1140. The average molecular weight is 443 g/mol. The van der Waals surface area contributed by atoms with Gasteiger partial charge in [0, 0.05) is 36.3 Å². The van der Waals surface area contributed by atoms with E-state index in [1.807, 2.05) is 12.1 Å². The molecule has 3 heterocycles. The van der Waals surface area contributed by atoms with Crippen LogP contribution in [0.4, 0.5) is 13.2 Å². The summed E-state index contributed by atoms with van der Waals surface area (Å²) in [5.41, 5.74) is 0.382. The molecule has 32 heavy (non-hydrogen) atoms. The average Bonchev–Trinajstić information content (AvgIpc) is 2.80. The molecule has 0 bridgehead atoms. The highest BCUT2D eigenvalue weighted by Gasteiger charge is 2.32. The maximum absolute atomic E-state index is 12.6. The summed E-state index contributed by atoms with van der Waals surface area (Å²) in [5, 5.41) is 7.36. The zero-order chi connectivity index (χ0) is 22.7. The first-order valence-electron chi connectivity index (χ1n) is 10.2. The number of rotatable bonds is 4. The number of alkyl halides is 3. The van der Waals surface area contributed by atoms with Gasteiger partial charge in [-0.15, -0.1) is 0 Å². The summed E-state index contributed by atoms with van der Waals surface area (Å²) in [7, 11) is 0. The van der Waals surface area contributed by atoms with Crippen molar-refractivity contribution in [3.63, 3.8) is 0 Å². The van der Waals surface area contributed by atoms with Crippen LogP contribution in [0.5, 0.6) is 0 Å². The monoisotopic (exact) mass is 443 g/mol. The van der Waals surface area contributed by atoms with E-state index in [0.717, 1.165) is 23.9 Å². The summed E-state index contributed by atoms with van der Waals surface area (Å²) in [6, 6.07) is 8.49. The van der Waals surface area contributed by atoms with Gasteiger partial charge in [-0.3, -0.25) is 19.6 Å². The summed E-state index contributed by atoms with van der Waals surface area (Å²) in [6.07, 6.45) is 2.23. The molecular weight excluding hydrogens is 423 g/mol. The molecule has 0 aliphatic heterocycles. The quantitative estimate of drug-likeness (QED) is 0.665. The second kappa shape index (κ2) is 8.89. The van der Waals surface area contributed by atoms with Gasteiger partial charge in [0.25, 0.3) is 11.5 Å². The van der Waals surface area contributed by atoms with Crippen molar-refractivity contribution in [2.75, 3.05) is 0 Å². The van der Waals surface area contributed by atoms with E-state index in [1.54, 1.807) is 18.5 Å². The number of carbonyl (C=O) groups is 1. The number of pyridine rings is 2. The van der Waals surface area contributed by atoms with Crippen LogP contribution < -0.4 is 10.9 Å². The summed E-state index contributed by atoms with van der Waals surface area (Å²) in [5.74, 6) is -0.468. The maximum atomic E-state index is 12.6. The van der Waals surface area contributed by atoms with Crippen molar-refractivity contribution in [1.82, 2.24) is 25.1 Å². The molecule has 7 nitrogen and oxygen atoms in total. The maximum Gasteiger partial charge on any atom is 0.433 e. The topological polar surface area (TPSA) is 89.8 Å². The van der Waals surface area contributed by atoms with Crippen molar-refractivity contribution < 1.29 is 18.0 Å². The third kappa shape index (κ3) is 4.84. The van der Waals surface area contributed by atoms with Gasteiger partial charge < -0.3 is 5.32 Å². The number of hydrogen-bond acceptors (Lipinski definition) is 5. The van der Waals surface area contributed by atoms with E-state index in [9.17, 15) is 22.8 Å². The molecule has 0 atom stereocenters. The van der Waals surface area contributed by atoms with E-state index in [-0.39, 0.29) is 23.2 Å². The normalized spacial score (nSPS) is 18.8. The van der Waals surface area contributed by atoms with E-state index in [0.29, 0.717) is 31.4 Å². The van der Waals surface area contributed by atoms with Crippen molar-refractivity contribution in [2.45, 2.75) is 43.9 Å². The fourth-order valence-corrected chi connectivity index (χ4v) is 3.79. The molecule has 0 aromatic carbocycles. The molecule has 1 saturated carbocycles. The molecule has 3 aromatic heterocycles. The van der Waals surface area contributed by atoms with Gasteiger partial charge in [0.2, 0.25) is 0 Å². The van der Waals surface area contributed by atoms with E-state index >= 15 is 0 Å². The van der Waals surface area contributed by atoms with Crippen LogP contribution in [0.15, 0.2) is 59.8 Å². The number of halogens is 3. The third-order valence-corrected chi connectivity index (χ3v) is 5.50. The lowest BCUT2D eigenvalue weighted by atomic mass is 9.91.